The molecule has 0 radical (unpaired) electrons. The van der Waals surface area contributed by atoms with E-state index in [1.807, 2.05) is 32.0 Å². The number of fused-ring (bicyclic) bond motifs is 1. The Balaban J connectivity index is 1.47. The highest BCUT2D eigenvalue weighted by molar-refractivity contribution is 5.98. The van der Waals surface area contributed by atoms with E-state index >= 15 is 0 Å². The fourth-order valence-corrected chi connectivity index (χ4v) is 2.91. The molecule has 0 aromatic heterocycles. The van der Waals surface area contributed by atoms with Crippen LogP contribution in [0.5, 0.6) is 17.2 Å². The Morgan fingerprint density at radius 2 is 1.82 bits per heavy atom. The van der Waals surface area contributed by atoms with Gasteiger partial charge in [-0.3, -0.25) is 9.59 Å². The quantitative estimate of drug-likeness (QED) is 0.662. The molecule has 1 N–H and O–H groups in total. The van der Waals surface area contributed by atoms with Gasteiger partial charge < -0.3 is 19.5 Å². The number of benzene rings is 2. The summed E-state index contributed by atoms with van der Waals surface area (Å²) in [7, 11) is 0. The van der Waals surface area contributed by atoms with Gasteiger partial charge in [0.1, 0.15) is 5.75 Å². The van der Waals surface area contributed by atoms with E-state index in [0.717, 1.165) is 17.7 Å². The Morgan fingerprint density at radius 1 is 1.07 bits per heavy atom. The molecule has 0 fully saturated rings. The molecule has 148 valence electrons. The Labute approximate surface area is 164 Å². The van der Waals surface area contributed by atoms with Crippen molar-refractivity contribution in [3.8, 4) is 17.2 Å². The molecule has 1 heterocycles. The molecular formula is C22H25NO5. The third-order valence-corrected chi connectivity index (χ3v) is 4.50. The first-order valence-electron chi connectivity index (χ1n) is 9.51. The number of rotatable bonds is 9. The Hall–Kier alpha value is -3.02. The largest absolute Gasteiger partial charge is 0.494 e. The van der Waals surface area contributed by atoms with E-state index in [1.165, 1.54) is 0 Å². The zero-order valence-corrected chi connectivity index (χ0v) is 16.2. The molecule has 2 aromatic carbocycles. The van der Waals surface area contributed by atoms with Gasteiger partial charge in [0.15, 0.2) is 17.3 Å². The van der Waals surface area contributed by atoms with Gasteiger partial charge in [-0.2, -0.15) is 0 Å². The number of ether oxygens (including phenoxy) is 3. The van der Waals surface area contributed by atoms with Gasteiger partial charge in [0.25, 0.3) is 0 Å². The lowest BCUT2D eigenvalue weighted by Crippen LogP contribution is -2.26. The summed E-state index contributed by atoms with van der Waals surface area (Å²) < 4.78 is 16.2. The van der Waals surface area contributed by atoms with Crippen LogP contribution in [0.25, 0.3) is 0 Å². The lowest BCUT2D eigenvalue weighted by atomic mass is 10.1. The number of hydrogen-bond acceptors (Lipinski definition) is 5. The summed E-state index contributed by atoms with van der Waals surface area (Å²) in [5, 5.41) is 2.92. The van der Waals surface area contributed by atoms with E-state index in [4.69, 9.17) is 14.2 Å². The Morgan fingerprint density at radius 3 is 2.57 bits per heavy atom. The van der Waals surface area contributed by atoms with Crippen LogP contribution >= 0.6 is 0 Å². The second-order valence-electron chi connectivity index (χ2n) is 6.70. The lowest BCUT2D eigenvalue weighted by molar-refractivity contribution is -0.121. The molecule has 1 unspecified atom stereocenters. The predicted octanol–water partition coefficient (Wildman–Crippen LogP) is 4.04. The number of hydrogen-bond donors (Lipinski definition) is 1. The molecule has 0 bridgehead atoms. The maximum absolute atomic E-state index is 12.3. The van der Waals surface area contributed by atoms with Gasteiger partial charge in [-0.05, 0) is 55.3 Å². The summed E-state index contributed by atoms with van der Waals surface area (Å²) in [6.45, 7) is 4.80. The van der Waals surface area contributed by atoms with Crippen LogP contribution in [-0.2, 0) is 4.79 Å². The van der Waals surface area contributed by atoms with E-state index in [1.54, 1.807) is 24.3 Å². The molecule has 1 aliphatic rings. The summed E-state index contributed by atoms with van der Waals surface area (Å²) in [5.41, 5.74) is 1.51. The van der Waals surface area contributed by atoms with Gasteiger partial charge in [-0.1, -0.05) is 13.0 Å². The summed E-state index contributed by atoms with van der Waals surface area (Å²) >= 11 is 0. The second-order valence-corrected chi connectivity index (χ2v) is 6.70. The molecule has 6 nitrogen and oxygen atoms in total. The first-order valence-corrected chi connectivity index (χ1v) is 9.51. The monoisotopic (exact) mass is 383 g/mol. The van der Waals surface area contributed by atoms with Crippen LogP contribution in [0.4, 0.5) is 0 Å². The minimum atomic E-state index is -0.188. The number of carbonyl (C=O) groups excluding carboxylic acids is 2. The molecule has 1 amide bonds. The van der Waals surface area contributed by atoms with Crippen molar-refractivity contribution in [1.82, 2.24) is 5.32 Å². The highest BCUT2D eigenvalue weighted by Crippen LogP contribution is 2.34. The maximum Gasteiger partial charge on any atom is 0.231 e. The van der Waals surface area contributed by atoms with Crippen molar-refractivity contribution in [1.29, 1.82) is 0 Å². The molecule has 1 aliphatic heterocycles. The highest BCUT2D eigenvalue weighted by atomic mass is 16.7. The van der Waals surface area contributed by atoms with Crippen LogP contribution in [0.3, 0.4) is 0 Å². The lowest BCUT2D eigenvalue weighted by Gasteiger charge is -2.14. The molecular weight excluding hydrogens is 358 g/mol. The van der Waals surface area contributed by atoms with Gasteiger partial charge in [0.2, 0.25) is 12.7 Å². The minimum Gasteiger partial charge on any atom is -0.494 e. The third-order valence-electron chi connectivity index (χ3n) is 4.50. The van der Waals surface area contributed by atoms with Crippen LogP contribution in [-0.4, -0.2) is 25.1 Å². The predicted molar refractivity (Wildman–Crippen MR) is 105 cm³/mol. The molecule has 28 heavy (non-hydrogen) atoms. The van der Waals surface area contributed by atoms with Crippen molar-refractivity contribution in [2.24, 2.45) is 0 Å². The van der Waals surface area contributed by atoms with E-state index in [2.05, 4.69) is 5.32 Å². The van der Waals surface area contributed by atoms with Crippen molar-refractivity contribution >= 4 is 11.7 Å². The molecule has 0 saturated heterocycles. The second kappa shape index (κ2) is 9.26. The molecule has 6 heteroatoms. The minimum absolute atomic E-state index is 0.0621. The summed E-state index contributed by atoms with van der Waals surface area (Å²) in [6, 6.07) is 12.4. The first-order chi connectivity index (χ1) is 13.6. The average molecular weight is 383 g/mol. The normalized spacial score (nSPS) is 13.1. The maximum atomic E-state index is 12.3. The number of nitrogens with one attached hydrogen (secondary N) is 1. The SMILES string of the molecule is CCCOc1ccc(C(=O)CCC(=O)NC(C)c2ccc3c(c2)OCO3)cc1. The zero-order valence-electron chi connectivity index (χ0n) is 16.2. The Bertz CT molecular complexity index is 831. The number of ketones is 1. The van der Waals surface area contributed by atoms with Crippen molar-refractivity contribution < 1.29 is 23.8 Å². The van der Waals surface area contributed by atoms with Crippen LogP contribution in [0.15, 0.2) is 42.5 Å². The van der Waals surface area contributed by atoms with Crippen molar-refractivity contribution in [3.05, 3.63) is 53.6 Å². The molecule has 0 aliphatic carbocycles. The van der Waals surface area contributed by atoms with Crippen LogP contribution < -0.4 is 19.5 Å². The zero-order chi connectivity index (χ0) is 19.9. The van der Waals surface area contributed by atoms with E-state index in [0.29, 0.717) is 23.7 Å². The van der Waals surface area contributed by atoms with Crippen molar-refractivity contribution in [2.75, 3.05) is 13.4 Å². The van der Waals surface area contributed by atoms with Gasteiger partial charge >= 0.3 is 0 Å². The van der Waals surface area contributed by atoms with Gasteiger partial charge in [-0.15, -0.1) is 0 Å². The molecule has 0 spiro atoms. The summed E-state index contributed by atoms with van der Waals surface area (Å²) in [5.74, 6) is 1.90. The molecule has 0 saturated carbocycles. The van der Waals surface area contributed by atoms with Gasteiger partial charge in [-0.25, -0.2) is 0 Å². The topological polar surface area (TPSA) is 73.9 Å². The number of Topliss-reactive ketones (excluding diaryl/α,β-unsaturated/α-hetero) is 1. The van der Waals surface area contributed by atoms with Crippen LogP contribution in [0.1, 0.15) is 55.1 Å². The molecule has 2 aromatic rings. The number of carbonyl (C=O) groups is 2. The van der Waals surface area contributed by atoms with E-state index in [9.17, 15) is 9.59 Å². The third kappa shape index (κ3) is 5.03. The molecule has 3 rings (SSSR count). The smallest absolute Gasteiger partial charge is 0.231 e. The fraction of sp³-hybridized carbons (Fsp3) is 0.364. The highest BCUT2D eigenvalue weighted by Gasteiger charge is 2.17. The van der Waals surface area contributed by atoms with Crippen molar-refractivity contribution in [2.45, 2.75) is 39.2 Å². The fourth-order valence-electron chi connectivity index (χ4n) is 2.91. The van der Waals surface area contributed by atoms with Crippen LogP contribution in [0, 0.1) is 0 Å². The Kier molecular flexibility index (Phi) is 6.53. The van der Waals surface area contributed by atoms with Gasteiger partial charge in [0.05, 0.1) is 12.6 Å². The average Bonchev–Trinajstić information content (AvgIpc) is 3.18. The summed E-state index contributed by atoms with van der Waals surface area (Å²) in [6.07, 6.45) is 1.23. The van der Waals surface area contributed by atoms with E-state index in [-0.39, 0.29) is 37.4 Å². The standard InChI is InChI=1S/C22H25NO5/c1-3-12-26-18-7-4-16(5-8-18)19(24)9-11-22(25)23-15(2)17-6-10-20-21(13-17)28-14-27-20/h4-8,10,13,15H,3,9,11-12,14H2,1-2H3,(H,23,25). The van der Waals surface area contributed by atoms with Crippen LogP contribution in [0.2, 0.25) is 0 Å². The van der Waals surface area contributed by atoms with E-state index < -0.39 is 0 Å². The first kappa shape index (κ1) is 19.7. The molecule has 1 atom stereocenters. The van der Waals surface area contributed by atoms with Gasteiger partial charge in [0, 0.05) is 18.4 Å². The number of amides is 1. The van der Waals surface area contributed by atoms with Crippen molar-refractivity contribution in [3.63, 3.8) is 0 Å². The summed E-state index contributed by atoms with van der Waals surface area (Å²) in [4.78, 5) is 24.5.